The van der Waals surface area contributed by atoms with E-state index in [9.17, 15) is 44.3 Å². The molecule has 0 atom stereocenters. The molecule has 16 heteroatoms. The summed E-state index contributed by atoms with van der Waals surface area (Å²) in [6, 6.07) is 4.37. The molecule has 3 heterocycles. The van der Waals surface area contributed by atoms with Crippen molar-refractivity contribution in [3.8, 4) is 5.75 Å². The molecule has 40 heavy (non-hydrogen) atoms. The fourth-order valence-corrected chi connectivity index (χ4v) is 5.56. The zero-order valence-corrected chi connectivity index (χ0v) is 21.2. The second-order valence-corrected chi connectivity index (χ2v) is 10.1. The van der Waals surface area contributed by atoms with E-state index in [2.05, 4.69) is 9.47 Å². The van der Waals surface area contributed by atoms with Crippen molar-refractivity contribution in [2.75, 3.05) is 50.8 Å². The van der Waals surface area contributed by atoms with Crippen molar-refractivity contribution in [3.63, 3.8) is 0 Å². The third kappa shape index (κ3) is 7.36. The van der Waals surface area contributed by atoms with Crippen molar-refractivity contribution in [1.29, 1.82) is 0 Å². The maximum Gasteiger partial charge on any atom is 0.573 e. The number of hydrogen-bond donors (Lipinski definition) is 0. The van der Waals surface area contributed by atoms with Gasteiger partial charge < -0.3 is 24.0 Å². The maximum atomic E-state index is 13.0. The molecular weight excluding hydrogens is 565 g/mol. The second-order valence-electron chi connectivity index (χ2n) is 10.1. The molecule has 1 spiro atoms. The van der Waals surface area contributed by atoms with Crippen molar-refractivity contribution < 1.29 is 58.5 Å². The van der Waals surface area contributed by atoms with Gasteiger partial charge in [0.1, 0.15) is 5.75 Å². The summed E-state index contributed by atoms with van der Waals surface area (Å²) in [5.41, 5.74) is 0.559. The Balaban J connectivity index is 1.46. The van der Waals surface area contributed by atoms with Gasteiger partial charge in [-0.2, -0.15) is 26.3 Å². The van der Waals surface area contributed by atoms with E-state index in [1.165, 1.54) is 12.1 Å². The van der Waals surface area contributed by atoms with Crippen LogP contribution in [0.3, 0.4) is 0 Å². The zero-order valence-electron chi connectivity index (χ0n) is 21.2. The van der Waals surface area contributed by atoms with Crippen LogP contribution in [0.1, 0.15) is 31.2 Å². The molecule has 1 amide bonds. The number of halogens is 9. The number of carbonyl (C=O) groups excluding carboxylic acids is 1. The van der Waals surface area contributed by atoms with Gasteiger partial charge in [-0.15, -0.1) is 13.2 Å². The molecule has 0 N–H and O–H groups in total. The van der Waals surface area contributed by atoms with E-state index in [1.54, 1.807) is 6.07 Å². The highest BCUT2D eigenvalue weighted by Gasteiger charge is 2.60. The smallest absolute Gasteiger partial charge is 0.426 e. The number of nitrogens with zero attached hydrogens (tertiary/aromatic N) is 3. The summed E-state index contributed by atoms with van der Waals surface area (Å²) in [7, 11) is 0. The van der Waals surface area contributed by atoms with E-state index in [-0.39, 0.29) is 38.2 Å². The Kier molecular flexibility index (Phi) is 8.60. The molecule has 3 fully saturated rings. The van der Waals surface area contributed by atoms with Crippen molar-refractivity contribution in [2.24, 2.45) is 0 Å². The van der Waals surface area contributed by atoms with E-state index >= 15 is 0 Å². The van der Waals surface area contributed by atoms with Crippen LogP contribution >= 0.6 is 0 Å². The van der Waals surface area contributed by atoms with Crippen LogP contribution in [0.15, 0.2) is 18.2 Å². The summed E-state index contributed by atoms with van der Waals surface area (Å²) in [6.07, 6.45) is -20.6. The van der Waals surface area contributed by atoms with Crippen LogP contribution in [0.5, 0.6) is 5.75 Å². The van der Waals surface area contributed by atoms with Crippen LogP contribution in [0.25, 0.3) is 0 Å². The molecule has 226 valence electrons. The molecule has 7 nitrogen and oxygen atoms in total. The van der Waals surface area contributed by atoms with E-state index in [1.807, 2.05) is 9.80 Å². The lowest BCUT2D eigenvalue weighted by atomic mass is 9.85. The Labute approximate surface area is 223 Å². The molecule has 1 aromatic rings. The van der Waals surface area contributed by atoms with Gasteiger partial charge >= 0.3 is 24.8 Å². The first kappa shape index (κ1) is 30.3. The van der Waals surface area contributed by atoms with Gasteiger partial charge in [0, 0.05) is 50.0 Å². The van der Waals surface area contributed by atoms with Gasteiger partial charge in [-0.05, 0) is 49.9 Å². The molecular formula is C24H28F9N3O4. The number of carbonyl (C=O) groups is 1. The quantitative estimate of drug-likeness (QED) is 0.422. The summed E-state index contributed by atoms with van der Waals surface area (Å²) in [6.45, 7) is 2.35. The number of rotatable bonds is 5. The first-order valence-electron chi connectivity index (χ1n) is 12.6. The molecule has 0 unspecified atom stereocenters. The van der Waals surface area contributed by atoms with Crippen LogP contribution in [-0.4, -0.2) is 92.2 Å². The molecule has 0 bridgehead atoms. The molecule has 4 rings (SSSR count). The Bertz CT molecular complexity index is 1020. The van der Waals surface area contributed by atoms with Gasteiger partial charge in [-0.25, -0.2) is 4.79 Å². The number of alkyl halides is 9. The van der Waals surface area contributed by atoms with Crippen LogP contribution in [0, 0.1) is 0 Å². The molecule has 0 aromatic heterocycles. The van der Waals surface area contributed by atoms with Gasteiger partial charge in [0.25, 0.3) is 6.10 Å². The van der Waals surface area contributed by atoms with E-state index in [0.717, 1.165) is 11.3 Å². The molecule has 3 aliphatic rings. The lowest BCUT2D eigenvalue weighted by molar-refractivity contribution is -0.308. The highest BCUT2D eigenvalue weighted by molar-refractivity contribution is 5.68. The van der Waals surface area contributed by atoms with Gasteiger partial charge in [-0.3, -0.25) is 4.90 Å². The summed E-state index contributed by atoms with van der Waals surface area (Å²) in [4.78, 5) is 16.9. The summed E-state index contributed by atoms with van der Waals surface area (Å²) >= 11 is 0. The first-order chi connectivity index (χ1) is 18.6. The number of anilines is 1. The third-order valence-corrected chi connectivity index (χ3v) is 7.44. The molecule has 0 radical (unpaired) electrons. The average Bonchev–Trinajstić information content (AvgIpc) is 3.21. The number of amides is 1. The Hall–Kier alpha value is -2.62. The number of benzene rings is 1. The monoisotopic (exact) mass is 593 g/mol. The van der Waals surface area contributed by atoms with Gasteiger partial charge in [0.15, 0.2) is 0 Å². The van der Waals surface area contributed by atoms with E-state index < -0.39 is 36.5 Å². The van der Waals surface area contributed by atoms with Gasteiger partial charge in [0.2, 0.25) is 0 Å². The number of likely N-dealkylation sites (tertiary alicyclic amines) is 2. The summed E-state index contributed by atoms with van der Waals surface area (Å²) < 4.78 is 129. The van der Waals surface area contributed by atoms with Crippen molar-refractivity contribution in [3.05, 3.63) is 23.8 Å². The highest BCUT2D eigenvalue weighted by Crippen LogP contribution is 2.41. The topological polar surface area (TPSA) is 54.5 Å². The van der Waals surface area contributed by atoms with Crippen molar-refractivity contribution in [1.82, 2.24) is 9.80 Å². The highest BCUT2D eigenvalue weighted by atomic mass is 19.4. The van der Waals surface area contributed by atoms with Crippen LogP contribution in [0.4, 0.5) is 50.0 Å². The predicted molar refractivity (Wildman–Crippen MR) is 122 cm³/mol. The number of ether oxygens (including phenoxy) is 3. The van der Waals surface area contributed by atoms with E-state index in [4.69, 9.17) is 4.74 Å². The number of piperidine rings is 1. The zero-order chi connectivity index (χ0) is 29.3. The summed E-state index contributed by atoms with van der Waals surface area (Å²) in [5, 5.41) is 0. The first-order valence-corrected chi connectivity index (χ1v) is 12.6. The molecule has 3 saturated heterocycles. The Morgan fingerprint density at radius 3 is 2.08 bits per heavy atom. The van der Waals surface area contributed by atoms with Crippen LogP contribution < -0.4 is 9.64 Å². The predicted octanol–water partition coefficient (Wildman–Crippen LogP) is 5.48. The lowest BCUT2D eigenvalue weighted by Crippen LogP contribution is -2.54. The Morgan fingerprint density at radius 2 is 1.50 bits per heavy atom. The van der Waals surface area contributed by atoms with Gasteiger partial charge in [-0.1, -0.05) is 0 Å². The summed E-state index contributed by atoms with van der Waals surface area (Å²) in [5.74, 6) is -0.374. The van der Waals surface area contributed by atoms with Crippen molar-refractivity contribution in [2.45, 2.75) is 62.6 Å². The minimum atomic E-state index is -5.81. The van der Waals surface area contributed by atoms with Crippen LogP contribution in [-0.2, 0) is 16.0 Å². The molecule has 0 aliphatic carbocycles. The number of hydrogen-bond acceptors (Lipinski definition) is 6. The Morgan fingerprint density at radius 1 is 0.875 bits per heavy atom. The fraction of sp³-hybridized carbons (Fsp3) is 0.708. The lowest BCUT2D eigenvalue weighted by Gasteiger charge is -2.45. The molecule has 1 aromatic carbocycles. The van der Waals surface area contributed by atoms with Gasteiger partial charge in [0.05, 0.1) is 13.2 Å². The van der Waals surface area contributed by atoms with E-state index in [0.29, 0.717) is 50.5 Å². The SMILES string of the molecule is O=C(OC(C(F)(F)F)C(F)(F)F)N1CCC2(CCCN2Cc2cc(OC(F)(F)F)cc(N3CCOCC3)c2)CC1. The third-order valence-electron chi connectivity index (χ3n) is 7.44. The molecule has 0 saturated carbocycles. The second kappa shape index (κ2) is 11.3. The number of morpholine rings is 1. The molecule has 3 aliphatic heterocycles. The average molecular weight is 593 g/mol. The maximum absolute atomic E-state index is 13.0. The fourth-order valence-electron chi connectivity index (χ4n) is 5.56. The largest absolute Gasteiger partial charge is 0.573 e. The normalized spacial score (nSPS) is 20.9. The standard InChI is InChI=1S/C24H28F9N3O4/c25-22(26,27)19(23(28,29)30)39-20(37)35-6-3-21(4-7-35)2-1-5-36(21)15-16-12-17(34-8-10-38-11-9-34)14-18(13-16)40-24(31,32)33/h12-14,19H,1-11,15H2. The van der Waals surface area contributed by atoms with Crippen LogP contribution in [0.2, 0.25) is 0 Å². The van der Waals surface area contributed by atoms with Crippen molar-refractivity contribution >= 4 is 11.8 Å². The minimum absolute atomic E-state index is 0.131. The minimum Gasteiger partial charge on any atom is -0.426 e.